The Kier molecular flexibility index (Phi) is 9.34. The third kappa shape index (κ3) is 6.61. The van der Waals surface area contributed by atoms with Gasteiger partial charge in [0.25, 0.3) is 0 Å². The SMILES string of the molecule is C=CCC(CCCCCC)C1CCCCCCC1. The third-order valence-corrected chi connectivity index (χ3v) is 4.71. The van der Waals surface area contributed by atoms with Crippen molar-refractivity contribution in [2.24, 2.45) is 11.8 Å². The van der Waals surface area contributed by atoms with Crippen LogP contribution in [0.2, 0.25) is 0 Å². The van der Waals surface area contributed by atoms with Gasteiger partial charge in [0.1, 0.15) is 0 Å². The lowest BCUT2D eigenvalue weighted by Crippen LogP contribution is -2.16. The molecule has 1 aliphatic carbocycles. The maximum atomic E-state index is 3.98. The summed E-state index contributed by atoms with van der Waals surface area (Å²) < 4.78 is 0. The van der Waals surface area contributed by atoms with Crippen molar-refractivity contribution in [3.63, 3.8) is 0 Å². The van der Waals surface area contributed by atoms with Crippen LogP contribution in [0.4, 0.5) is 0 Å². The predicted octanol–water partition coefficient (Wildman–Crippen LogP) is 6.51. The van der Waals surface area contributed by atoms with Gasteiger partial charge in [0.15, 0.2) is 0 Å². The first-order valence-corrected chi connectivity index (χ1v) is 8.49. The highest BCUT2D eigenvalue weighted by molar-refractivity contribution is 4.79. The van der Waals surface area contributed by atoms with Gasteiger partial charge >= 0.3 is 0 Å². The third-order valence-electron chi connectivity index (χ3n) is 4.71. The van der Waals surface area contributed by atoms with Gasteiger partial charge in [0.2, 0.25) is 0 Å². The average Bonchev–Trinajstić information content (AvgIpc) is 2.33. The predicted molar refractivity (Wildman–Crippen MR) is 82.9 cm³/mol. The van der Waals surface area contributed by atoms with Gasteiger partial charge in [-0.2, -0.15) is 0 Å². The molecular weight excluding hydrogens is 216 g/mol. The lowest BCUT2D eigenvalue weighted by Gasteiger charge is -2.28. The molecule has 0 heterocycles. The minimum Gasteiger partial charge on any atom is -0.103 e. The monoisotopic (exact) mass is 250 g/mol. The van der Waals surface area contributed by atoms with Gasteiger partial charge in [-0.25, -0.2) is 0 Å². The second-order valence-electron chi connectivity index (χ2n) is 6.24. The topological polar surface area (TPSA) is 0 Å². The van der Waals surface area contributed by atoms with E-state index in [1.54, 1.807) is 0 Å². The van der Waals surface area contributed by atoms with E-state index in [0.29, 0.717) is 0 Å². The van der Waals surface area contributed by atoms with E-state index in [1.165, 1.54) is 83.5 Å². The quantitative estimate of drug-likeness (QED) is 0.340. The highest BCUT2D eigenvalue weighted by Crippen LogP contribution is 2.33. The molecule has 0 aromatic carbocycles. The molecule has 0 radical (unpaired) electrons. The van der Waals surface area contributed by atoms with Crippen molar-refractivity contribution in [2.75, 3.05) is 0 Å². The van der Waals surface area contributed by atoms with Crippen molar-refractivity contribution in [3.8, 4) is 0 Å². The van der Waals surface area contributed by atoms with Gasteiger partial charge < -0.3 is 0 Å². The van der Waals surface area contributed by atoms with Gasteiger partial charge in [-0.05, 0) is 24.7 Å². The van der Waals surface area contributed by atoms with Crippen molar-refractivity contribution in [1.82, 2.24) is 0 Å². The molecule has 106 valence electrons. The Morgan fingerprint density at radius 1 is 1.00 bits per heavy atom. The summed E-state index contributed by atoms with van der Waals surface area (Å²) in [5.74, 6) is 1.95. The van der Waals surface area contributed by atoms with Crippen molar-refractivity contribution < 1.29 is 0 Å². The molecule has 0 aromatic heterocycles. The molecule has 1 fully saturated rings. The van der Waals surface area contributed by atoms with Crippen molar-refractivity contribution in [1.29, 1.82) is 0 Å². The fourth-order valence-corrected chi connectivity index (χ4v) is 3.55. The Bertz CT molecular complexity index is 186. The van der Waals surface area contributed by atoms with Crippen molar-refractivity contribution in [3.05, 3.63) is 12.7 Å². The first-order valence-electron chi connectivity index (χ1n) is 8.49. The Morgan fingerprint density at radius 2 is 1.67 bits per heavy atom. The van der Waals surface area contributed by atoms with Crippen molar-refractivity contribution >= 4 is 0 Å². The molecule has 1 aliphatic rings. The smallest absolute Gasteiger partial charge is 0.0322 e. The summed E-state index contributed by atoms with van der Waals surface area (Å²) in [5, 5.41) is 0. The van der Waals surface area contributed by atoms with E-state index in [0.717, 1.165) is 11.8 Å². The van der Waals surface area contributed by atoms with Gasteiger partial charge in [-0.3, -0.25) is 0 Å². The zero-order valence-electron chi connectivity index (χ0n) is 12.6. The van der Waals surface area contributed by atoms with Gasteiger partial charge in [-0.1, -0.05) is 83.6 Å². The highest BCUT2D eigenvalue weighted by Gasteiger charge is 2.20. The molecule has 0 saturated heterocycles. The van der Waals surface area contributed by atoms with Crippen LogP contribution in [0, 0.1) is 11.8 Å². The summed E-state index contributed by atoms with van der Waals surface area (Å²) in [7, 11) is 0. The van der Waals surface area contributed by atoms with E-state index < -0.39 is 0 Å². The molecule has 0 aliphatic heterocycles. The van der Waals surface area contributed by atoms with Gasteiger partial charge in [0, 0.05) is 0 Å². The van der Waals surface area contributed by atoms with Crippen molar-refractivity contribution in [2.45, 2.75) is 90.4 Å². The molecule has 0 spiro atoms. The fourth-order valence-electron chi connectivity index (χ4n) is 3.55. The van der Waals surface area contributed by atoms with Crippen LogP contribution in [0.15, 0.2) is 12.7 Å². The Balaban J connectivity index is 2.34. The summed E-state index contributed by atoms with van der Waals surface area (Å²) in [5.41, 5.74) is 0. The summed E-state index contributed by atoms with van der Waals surface area (Å²) in [4.78, 5) is 0. The zero-order valence-corrected chi connectivity index (χ0v) is 12.6. The molecule has 18 heavy (non-hydrogen) atoms. The van der Waals surface area contributed by atoms with E-state index in [4.69, 9.17) is 0 Å². The van der Waals surface area contributed by atoms with Crippen LogP contribution in [0.1, 0.15) is 90.4 Å². The van der Waals surface area contributed by atoms with Gasteiger partial charge in [0.05, 0.1) is 0 Å². The van der Waals surface area contributed by atoms with E-state index in [9.17, 15) is 0 Å². The Morgan fingerprint density at radius 3 is 2.28 bits per heavy atom. The number of rotatable bonds is 8. The van der Waals surface area contributed by atoms with Crippen LogP contribution in [0.3, 0.4) is 0 Å². The fraction of sp³-hybridized carbons (Fsp3) is 0.889. The summed E-state index contributed by atoms with van der Waals surface area (Å²) in [6, 6.07) is 0. The number of unbranched alkanes of at least 4 members (excludes halogenated alkanes) is 3. The second-order valence-corrected chi connectivity index (χ2v) is 6.24. The largest absolute Gasteiger partial charge is 0.103 e. The lowest BCUT2D eigenvalue weighted by molar-refractivity contribution is 0.247. The molecule has 0 N–H and O–H groups in total. The molecule has 0 amide bonds. The summed E-state index contributed by atoms with van der Waals surface area (Å²) >= 11 is 0. The van der Waals surface area contributed by atoms with Crippen LogP contribution < -0.4 is 0 Å². The second kappa shape index (κ2) is 10.6. The lowest BCUT2D eigenvalue weighted by atomic mass is 9.78. The molecule has 1 saturated carbocycles. The van der Waals surface area contributed by atoms with Crippen LogP contribution in [0.5, 0.6) is 0 Å². The molecule has 0 heteroatoms. The van der Waals surface area contributed by atoms with E-state index in [2.05, 4.69) is 19.6 Å². The van der Waals surface area contributed by atoms with Crippen LogP contribution >= 0.6 is 0 Å². The summed E-state index contributed by atoms with van der Waals surface area (Å²) in [6.45, 7) is 6.28. The Labute approximate surface area is 115 Å². The molecule has 1 rings (SSSR count). The van der Waals surface area contributed by atoms with E-state index in [-0.39, 0.29) is 0 Å². The molecule has 0 bridgehead atoms. The number of hydrogen-bond donors (Lipinski definition) is 0. The molecule has 0 nitrogen and oxygen atoms in total. The van der Waals surface area contributed by atoms with Crippen LogP contribution in [-0.2, 0) is 0 Å². The first-order chi connectivity index (χ1) is 8.88. The molecule has 1 atom stereocenters. The minimum absolute atomic E-state index is 0.942. The number of hydrogen-bond acceptors (Lipinski definition) is 0. The number of allylic oxidation sites excluding steroid dienone is 1. The van der Waals surface area contributed by atoms with Crippen LogP contribution in [-0.4, -0.2) is 0 Å². The normalized spacial score (nSPS) is 20.1. The standard InChI is InChI=1S/C18H34/c1-3-5-6-10-14-17(13-4-2)18-15-11-8-7-9-12-16-18/h4,17-18H,2-3,5-16H2,1H3. The molecule has 1 unspecified atom stereocenters. The highest BCUT2D eigenvalue weighted by atomic mass is 14.3. The van der Waals surface area contributed by atoms with E-state index >= 15 is 0 Å². The maximum absolute atomic E-state index is 3.98. The molecule has 0 aromatic rings. The molecular formula is C18H34. The average molecular weight is 250 g/mol. The Hall–Kier alpha value is -0.260. The summed E-state index contributed by atoms with van der Waals surface area (Å²) in [6.07, 6.45) is 20.9. The van der Waals surface area contributed by atoms with E-state index in [1.807, 2.05) is 0 Å². The minimum atomic E-state index is 0.942. The maximum Gasteiger partial charge on any atom is -0.0322 e. The zero-order chi connectivity index (χ0) is 13.1. The first kappa shape index (κ1) is 15.8. The van der Waals surface area contributed by atoms with Crippen LogP contribution in [0.25, 0.3) is 0 Å². The van der Waals surface area contributed by atoms with Gasteiger partial charge in [-0.15, -0.1) is 6.58 Å².